The number of amides is 2. The van der Waals surface area contributed by atoms with Gasteiger partial charge in [-0.05, 0) is 22.0 Å². The number of rotatable bonds is 3. The van der Waals surface area contributed by atoms with E-state index in [2.05, 4.69) is 15.9 Å². The first kappa shape index (κ1) is 14.7. The summed E-state index contributed by atoms with van der Waals surface area (Å²) in [6.07, 6.45) is 0. The number of nitrogens with zero attached hydrogens (tertiary/aromatic N) is 2. The molecular formula is C11H13BrN2O3S2. The van der Waals surface area contributed by atoms with Crippen LogP contribution < -0.4 is 0 Å². The van der Waals surface area contributed by atoms with Gasteiger partial charge in [0.25, 0.3) is 0 Å². The summed E-state index contributed by atoms with van der Waals surface area (Å²) in [5.74, 6) is -0.0427. The van der Waals surface area contributed by atoms with Gasteiger partial charge in [-0.25, -0.2) is 9.59 Å². The van der Waals surface area contributed by atoms with Crippen LogP contribution in [0.25, 0.3) is 0 Å². The van der Waals surface area contributed by atoms with E-state index in [1.807, 2.05) is 11.4 Å². The third-order valence-corrected chi connectivity index (χ3v) is 5.45. The first-order chi connectivity index (χ1) is 8.99. The number of carbonyl (C=O) groups excluding carboxylic acids is 1. The summed E-state index contributed by atoms with van der Waals surface area (Å²) in [7, 11) is 1.69. The van der Waals surface area contributed by atoms with Gasteiger partial charge in [-0.3, -0.25) is 0 Å². The second kappa shape index (κ2) is 6.15. The highest BCUT2D eigenvalue weighted by atomic mass is 79.9. The van der Waals surface area contributed by atoms with E-state index >= 15 is 0 Å². The molecule has 2 amide bonds. The summed E-state index contributed by atoms with van der Waals surface area (Å²) >= 11 is 6.40. The number of carbonyl (C=O) groups is 2. The average molecular weight is 365 g/mol. The van der Waals surface area contributed by atoms with Crippen molar-refractivity contribution < 1.29 is 14.7 Å². The van der Waals surface area contributed by atoms with Crippen molar-refractivity contribution in [2.75, 3.05) is 18.7 Å². The van der Waals surface area contributed by atoms with Gasteiger partial charge in [-0.1, -0.05) is 0 Å². The van der Waals surface area contributed by atoms with Gasteiger partial charge < -0.3 is 14.9 Å². The van der Waals surface area contributed by atoms with Crippen molar-refractivity contribution in [1.82, 2.24) is 9.80 Å². The smallest absolute Gasteiger partial charge is 0.327 e. The average Bonchev–Trinajstić information content (AvgIpc) is 2.97. The standard InChI is InChI=1S/C11H13BrN2O3S2/c1-13(3-8-2-7(12)4-19-8)11(17)14-6-18-5-9(14)10(15)16/h2,4,9H,3,5-6H2,1H3,(H,15,16)/t9-/m0/s1. The van der Waals surface area contributed by atoms with E-state index in [-0.39, 0.29) is 6.03 Å². The Morgan fingerprint density at radius 2 is 2.37 bits per heavy atom. The monoisotopic (exact) mass is 364 g/mol. The molecule has 0 aromatic carbocycles. The fourth-order valence-corrected chi connectivity index (χ4v) is 4.43. The quantitative estimate of drug-likeness (QED) is 0.894. The lowest BCUT2D eigenvalue weighted by Crippen LogP contribution is -2.47. The van der Waals surface area contributed by atoms with Gasteiger partial charge >= 0.3 is 12.0 Å². The fraction of sp³-hybridized carbons (Fsp3) is 0.455. The number of hydrogen-bond acceptors (Lipinski definition) is 4. The second-order valence-corrected chi connectivity index (χ2v) is 7.10. The van der Waals surface area contributed by atoms with Gasteiger partial charge in [0.1, 0.15) is 6.04 Å². The zero-order valence-corrected chi connectivity index (χ0v) is 13.4. The van der Waals surface area contributed by atoms with Gasteiger partial charge in [0.2, 0.25) is 0 Å². The minimum absolute atomic E-state index is 0.234. The minimum atomic E-state index is -0.939. The van der Waals surface area contributed by atoms with E-state index in [4.69, 9.17) is 5.11 Å². The second-order valence-electron chi connectivity index (χ2n) is 4.19. The first-order valence-electron chi connectivity index (χ1n) is 5.54. The van der Waals surface area contributed by atoms with Gasteiger partial charge in [0.15, 0.2) is 0 Å². The molecule has 8 heteroatoms. The predicted octanol–water partition coefficient (Wildman–Crippen LogP) is 2.52. The molecule has 5 nitrogen and oxygen atoms in total. The van der Waals surface area contributed by atoms with Crippen molar-refractivity contribution in [2.24, 2.45) is 0 Å². The predicted molar refractivity (Wildman–Crippen MR) is 79.5 cm³/mol. The largest absolute Gasteiger partial charge is 0.480 e. The topological polar surface area (TPSA) is 60.9 Å². The molecule has 1 N–H and O–H groups in total. The van der Waals surface area contributed by atoms with Crippen LogP contribution in [0.15, 0.2) is 15.9 Å². The number of carboxylic acids is 1. The van der Waals surface area contributed by atoms with Crippen LogP contribution in [0.3, 0.4) is 0 Å². The number of thioether (sulfide) groups is 1. The molecule has 0 aliphatic carbocycles. The van der Waals surface area contributed by atoms with Crippen molar-refractivity contribution in [2.45, 2.75) is 12.6 Å². The number of halogens is 1. The van der Waals surface area contributed by atoms with E-state index in [0.29, 0.717) is 18.2 Å². The molecular weight excluding hydrogens is 352 g/mol. The molecule has 2 rings (SSSR count). The first-order valence-corrected chi connectivity index (χ1v) is 8.37. The van der Waals surface area contributed by atoms with Crippen molar-refractivity contribution in [3.63, 3.8) is 0 Å². The van der Waals surface area contributed by atoms with Gasteiger partial charge in [0, 0.05) is 27.5 Å². The maximum Gasteiger partial charge on any atom is 0.327 e. The molecule has 0 radical (unpaired) electrons. The molecule has 1 aliphatic rings. The van der Waals surface area contributed by atoms with Crippen LogP contribution in [-0.2, 0) is 11.3 Å². The zero-order valence-electron chi connectivity index (χ0n) is 10.2. The van der Waals surface area contributed by atoms with Gasteiger partial charge in [0.05, 0.1) is 12.4 Å². The lowest BCUT2D eigenvalue weighted by Gasteiger charge is -2.26. The lowest BCUT2D eigenvalue weighted by molar-refractivity contribution is -0.140. The Hall–Kier alpha value is -0.730. The van der Waals surface area contributed by atoms with E-state index in [0.717, 1.165) is 9.35 Å². The summed E-state index contributed by atoms with van der Waals surface area (Å²) in [4.78, 5) is 27.3. The maximum absolute atomic E-state index is 12.2. The molecule has 1 saturated heterocycles. The van der Waals surface area contributed by atoms with Gasteiger partial charge in [-0.15, -0.1) is 23.1 Å². The Morgan fingerprint density at radius 1 is 1.63 bits per heavy atom. The van der Waals surface area contributed by atoms with Crippen LogP contribution in [-0.4, -0.2) is 51.6 Å². The SMILES string of the molecule is CN(Cc1cc(Br)cs1)C(=O)N1CSC[C@H]1C(=O)O. The molecule has 1 fully saturated rings. The number of carboxylic acid groups (broad SMARTS) is 1. The Bertz CT molecular complexity index is 494. The number of aliphatic carboxylic acids is 1. The van der Waals surface area contributed by atoms with Gasteiger partial charge in [-0.2, -0.15) is 0 Å². The Morgan fingerprint density at radius 3 is 2.95 bits per heavy atom. The minimum Gasteiger partial charge on any atom is -0.480 e. The van der Waals surface area contributed by atoms with Crippen molar-refractivity contribution in [1.29, 1.82) is 0 Å². The molecule has 104 valence electrons. The van der Waals surface area contributed by atoms with Crippen molar-refractivity contribution >= 4 is 51.0 Å². The fourth-order valence-electron chi connectivity index (χ4n) is 1.79. The third kappa shape index (κ3) is 3.43. The molecule has 19 heavy (non-hydrogen) atoms. The molecule has 1 atom stereocenters. The van der Waals surface area contributed by atoms with Crippen LogP contribution in [0.5, 0.6) is 0 Å². The Labute approximate surface area is 127 Å². The Kier molecular flexibility index (Phi) is 4.75. The van der Waals surface area contributed by atoms with E-state index in [1.165, 1.54) is 16.7 Å². The summed E-state index contributed by atoms with van der Waals surface area (Å²) < 4.78 is 0.994. The number of hydrogen-bond donors (Lipinski definition) is 1. The summed E-state index contributed by atoms with van der Waals surface area (Å²) in [6.45, 7) is 0.489. The van der Waals surface area contributed by atoms with Crippen LogP contribution >= 0.6 is 39.0 Å². The molecule has 1 aromatic rings. The molecule has 0 saturated carbocycles. The number of urea groups is 1. The molecule has 2 heterocycles. The van der Waals surface area contributed by atoms with E-state index in [9.17, 15) is 9.59 Å². The summed E-state index contributed by atoms with van der Waals surface area (Å²) in [6, 6.07) is 1.01. The summed E-state index contributed by atoms with van der Waals surface area (Å²) in [5, 5.41) is 11.0. The zero-order chi connectivity index (χ0) is 14.0. The van der Waals surface area contributed by atoms with Crippen LogP contribution in [0, 0.1) is 0 Å². The molecule has 1 aromatic heterocycles. The van der Waals surface area contributed by atoms with Crippen molar-refractivity contribution in [3.8, 4) is 0 Å². The summed E-state index contributed by atoms with van der Waals surface area (Å²) in [5.41, 5.74) is 0. The van der Waals surface area contributed by atoms with E-state index < -0.39 is 12.0 Å². The molecule has 0 unspecified atom stereocenters. The van der Waals surface area contributed by atoms with Crippen molar-refractivity contribution in [3.05, 3.63) is 20.8 Å². The van der Waals surface area contributed by atoms with Crippen LogP contribution in [0.2, 0.25) is 0 Å². The van der Waals surface area contributed by atoms with Crippen LogP contribution in [0.1, 0.15) is 4.88 Å². The molecule has 0 bridgehead atoms. The van der Waals surface area contributed by atoms with Crippen LogP contribution in [0.4, 0.5) is 4.79 Å². The highest BCUT2D eigenvalue weighted by molar-refractivity contribution is 9.10. The highest BCUT2D eigenvalue weighted by Gasteiger charge is 2.35. The normalized spacial score (nSPS) is 18.6. The number of thiophene rings is 1. The molecule has 0 spiro atoms. The highest BCUT2D eigenvalue weighted by Crippen LogP contribution is 2.24. The van der Waals surface area contributed by atoms with E-state index in [1.54, 1.807) is 23.3 Å². The lowest BCUT2D eigenvalue weighted by atomic mass is 10.3. The Balaban J connectivity index is 2.00. The molecule has 1 aliphatic heterocycles. The third-order valence-electron chi connectivity index (χ3n) is 2.75. The maximum atomic E-state index is 12.2.